The fourth-order valence-corrected chi connectivity index (χ4v) is 3.19. The molecule has 6 nitrogen and oxygen atoms in total. The Balaban J connectivity index is 1.54. The predicted octanol–water partition coefficient (Wildman–Crippen LogP) is 2.53. The van der Waals surface area contributed by atoms with Gasteiger partial charge in [0.2, 0.25) is 11.8 Å². The minimum Gasteiger partial charge on any atom is -0.351 e. The van der Waals surface area contributed by atoms with Crippen LogP contribution >= 0.6 is 11.6 Å². The number of rotatable bonds is 5. The SMILES string of the molecule is Cc1[nH]nc(CCC(=O)N[C@H]2CC(=O)N(c3cccc(Cl)c3)C2)c1C. The predicted molar refractivity (Wildman–Crippen MR) is 96.7 cm³/mol. The number of aryl methyl sites for hydroxylation is 2. The van der Waals surface area contributed by atoms with Crippen molar-refractivity contribution in [1.82, 2.24) is 15.5 Å². The summed E-state index contributed by atoms with van der Waals surface area (Å²) in [5.41, 5.74) is 3.79. The number of nitrogens with zero attached hydrogens (tertiary/aromatic N) is 2. The van der Waals surface area contributed by atoms with Crippen LogP contribution in [-0.2, 0) is 16.0 Å². The second-order valence-corrected chi connectivity index (χ2v) is 6.81. The fraction of sp³-hybridized carbons (Fsp3) is 0.389. The number of amides is 2. The highest BCUT2D eigenvalue weighted by Crippen LogP contribution is 2.24. The molecule has 1 aromatic carbocycles. The van der Waals surface area contributed by atoms with Crippen LogP contribution in [0.1, 0.15) is 29.8 Å². The Kier molecular flexibility index (Phi) is 5.08. The highest BCUT2D eigenvalue weighted by molar-refractivity contribution is 6.30. The van der Waals surface area contributed by atoms with Crippen LogP contribution in [-0.4, -0.2) is 34.6 Å². The Labute approximate surface area is 151 Å². The maximum absolute atomic E-state index is 12.2. The van der Waals surface area contributed by atoms with E-state index in [9.17, 15) is 9.59 Å². The molecule has 1 saturated heterocycles. The number of benzene rings is 1. The molecule has 1 aromatic heterocycles. The average Bonchev–Trinajstić information content (AvgIpc) is 3.09. The molecule has 0 bridgehead atoms. The number of halogens is 1. The molecule has 0 unspecified atom stereocenters. The van der Waals surface area contributed by atoms with Crippen LogP contribution in [0.25, 0.3) is 0 Å². The van der Waals surface area contributed by atoms with Gasteiger partial charge in [-0.3, -0.25) is 14.7 Å². The van der Waals surface area contributed by atoms with Crippen molar-refractivity contribution in [2.24, 2.45) is 0 Å². The molecule has 2 aromatic rings. The van der Waals surface area contributed by atoms with Crippen LogP contribution in [0.15, 0.2) is 24.3 Å². The number of hydrogen-bond donors (Lipinski definition) is 2. The summed E-state index contributed by atoms with van der Waals surface area (Å²) in [5, 5.41) is 10.7. The van der Waals surface area contributed by atoms with E-state index in [0.29, 0.717) is 30.8 Å². The third-order valence-electron chi connectivity index (χ3n) is 4.55. The van der Waals surface area contributed by atoms with Gasteiger partial charge in [0.1, 0.15) is 0 Å². The number of H-pyrrole nitrogens is 1. The quantitative estimate of drug-likeness (QED) is 0.860. The van der Waals surface area contributed by atoms with Crippen LogP contribution in [0.5, 0.6) is 0 Å². The monoisotopic (exact) mass is 360 g/mol. The second kappa shape index (κ2) is 7.27. The van der Waals surface area contributed by atoms with Gasteiger partial charge in [-0.15, -0.1) is 0 Å². The molecule has 7 heteroatoms. The van der Waals surface area contributed by atoms with Crippen LogP contribution < -0.4 is 10.2 Å². The zero-order valence-electron chi connectivity index (χ0n) is 14.3. The highest BCUT2D eigenvalue weighted by atomic mass is 35.5. The average molecular weight is 361 g/mol. The van der Waals surface area contributed by atoms with Crippen LogP contribution in [0, 0.1) is 13.8 Å². The molecule has 25 heavy (non-hydrogen) atoms. The van der Waals surface area contributed by atoms with E-state index >= 15 is 0 Å². The Morgan fingerprint density at radius 1 is 1.44 bits per heavy atom. The molecule has 2 N–H and O–H groups in total. The summed E-state index contributed by atoms with van der Waals surface area (Å²) in [6.45, 7) is 4.41. The Morgan fingerprint density at radius 2 is 2.24 bits per heavy atom. The van der Waals surface area contributed by atoms with Crippen molar-refractivity contribution in [3.05, 3.63) is 46.2 Å². The molecule has 1 aliphatic heterocycles. The summed E-state index contributed by atoms with van der Waals surface area (Å²) in [7, 11) is 0. The van der Waals surface area contributed by atoms with Crippen molar-refractivity contribution in [3.8, 4) is 0 Å². The molecule has 2 heterocycles. The maximum atomic E-state index is 12.2. The van der Waals surface area contributed by atoms with Crippen LogP contribution in [0.2, 0.25) is 5.02 Å². The van der Waals surface area contributed by atoms with Gasteiger partial charge in [-0.05, 0) is 37.6 Å². The number of carbonyl (C=O) groups excluding carboxylic acids is 2. The van der Waals surface area contributed by atoms with Crippen molar-refractivity contribution >= 4 is 29.1 Å². The van der Waals surface area contributed by atoms with Crippen molar-refractivity contribution in [1.29, 1.82) is 0 Å². The first kappa shape index (κ1) is 17.5. The van der Waals surface area contributed by atoms with E-state index in [1.807, 2.05) is 26.0 Å². The van der Waals surface area contributed by atoms with Gasteiger partial charge in [-0.1, -0.05) is 17.7 Å². The summed E-state index contributed by atoms with van der Waals surface area (Å²) in [5.74, 6) is -0.0721. The Bertz CT molecular complexity index is 802. The number of hydrogen-bond acceptors (Lipinski definition) is 3. The van der Waals surface area contributed by atoms with Gasteiger partial charge in [0.05, 0.1) is 11.7 Å². The van der Waals surface area contributed by atoms with Gasteiger partial charge >= 0.3 is 0 Å². The number of carbonyl (C=O) groups is 2. The zero-order chi connectivity index (χ0) is 18.0. The molecule has 1 aliphatic rings. The first-order valence-electron chi connectivity index (χ1n) is 8.30. The number of nitrogens with one attached hydrogen (secondary N) is 2. The molecule has 2 amide bonds. The van der Waals surface area contributed by atoms with Crippen molar-refractivity contribution in [2.45, 2.75) is 39.2 Å². The Hall–Kier alpha value is -2.34. The maximum Gasteiger partial charge on any atom is 0.229 e. The fourth-order valence-electron chi connectivity index (χ4n) is 3.01. The number of aromatic nitrogens is 2. The van der Waals surface area contributed by atoms with E-state index in [1.54, 1.807) is 17.0 Å². The summed E-state index contributed by atoms with van der Waals surface area (Å²) in [6, 6.07) is 7.00. The van der Waals surface area contributed by atoms with E-state index in [-0.39, 0.29) is 17.9 Å². The molecule has 0 spiro atoms. The third kappa shape index (κ3) is 4.02. The zero-order valence-corrected chi connectivity index (χ0v) is 15.1. The summed E-state index contributed by atoms with van der Waals surface area (Å²) < 4.78 is 0. The van der Waals surface area contributed by atoms with Crippen molar-refractivity contribution in [3.63, 3.8) is 0 Å². The largest absolute Gasteiger partial charge is 0.351 e. The first-order valence-corrected chi connectivity index (χ1v) is 8.67. The lowest BCUT2D eigenvalue weighted by molar-refractivity contribution is -0.121. The normalized spacial score (nSPS) is 17.2. The smallest absolute Gasteiger partial charge is 0.229 e. The van der Waals surface area contributed by atoms with Crippen molar-refractivity contribution < 1.29 is 9.59 Å². The lowest BCUT2D eigenvalue weighted by atomic mass is 10.1. The second-order valence-electron chi connectivity index (χ2n) is 6.37. The standard InChI is InChI=1S/C18H21ClN4O2/c1-11-12(2)21-22-16(11)6-7-17(24)20-14-9-18(25)23(10-14)15-5-3-4-13(19)8-15/h3-5,8,14H,6-7,9-10H2,1-2H3,(H,20,24)(H,21,22)/t14-/m0/s1. The molecule has 0 saturated carbocycles. The number of anilines is 1. The van der Waals surface area contributed by atoms with Crippen LogP contribution in [0.3, 0.4) is 0 Å². The van der Waals surface area contributed by atoms with Gasteiger partial charge in [0, 0.05) is 42.2 Å². The summed E-state index contributed by atoms with van der Waals surface area (Å²) in [6.07, 6.45) is 1.24. The molecular formula is C18H21ClN4O2. The van der Waals surface area contributed by atoms with E-state index in [0.717, 1.165) is 22.6 Å². The molecule has 1 fully saturated rings. The van der Waals surface area contributed by atoms with E-state index in [2.05, 4.69) is 15.5 Å². The topological polar surface area (TPSA) is 78.1 Å². The van der Waals surface area contributed by atoms with Gasteiger partial charge in [0.15, 0.2) is 0 Å². The van der Waals surface area contributed by atoms with E-state index in [4.69, 9.17) is 11.6 Å². The highest BCUT2D eigenvalue weighted by Gasteiger charge is 2.31. The van der Waals surface area contributed by atoms with Gasteiger partial charge in [0.25, 0.3) is 0 Å². The van der Waals surface area contributed by atoms with Gasteiger partial charge < -0.3 is 10.2 Å². The van der Waals surface area contributed by atoms with E-state index < -0.39 is 0 Å². The number of aromatic amines is 1. The molecule has 3 rings (SSSR count). The third-order valence-corrected chi connectivity index (χ3v) is 4.79. The summed E-state index contributed by atoms with van der Waals surface area (Å²) >= 11 is 5.99. The molecule has 132 valence electrons. The van der Waals surface area contributed by atoms with Gasteiger partial charge in [-0.25, -0.2) is 0 Å². The van der Waals surface area contributed by atoms with Crippen molar-refractivity contribution in [2.75, 3.05) is 11.4 Å². The Morgan fingerprint density at radius 3 is 2.92 bits per heavy atom. The minimum absolute atomic E-state index is 0.00802. The molecule has 0 aliphatic carbocycles. The molecule has 1 atom stereocenters. The van der Waals surface area contributed by atoms with E-state index in [1.165, 1.54) is 0 Å². The summed E-state index contributed by atoms with van der Waals surface area (Å²) in [4.78, 5) is 26.1. The minimum atomic E-state index is -0.180. The van der Waals surface area contributed by atoms with Crippen LogP contribution in [0.4, 0.5) is 5.69 Å². The van der Waals surface area contributed by atoms with Gasteiger partial charge in [-0.2, -0.15) is 5.10 Å². The lowest BCUT2D eigenvalue weighted by Gasteiger charge is -2.17. The first-order chi connectivity index (χ1) is 11.9. The molecule has 0 radical (unpaired) electrons. The molecular weight excluding hydrogens is 340 g/mol. The lowest BCUT2D eigenvalue weighted by Crippen LogP contribution is -2.37.